The van der Waals surface area contributed by atoms with Crippen molar-refractivity contribution in [3.63, 3.8) is 0 Å². The molecule has 124 valence electrons. The van der Waals surface area contributed by atoms with E-state index in [1.807, 2.05) is 37.3 Å². The van der Waals surface area contributed by atoms with E-state index in [1.54, 1.807) is 36.4 Å². The predicted octanol–water partition coefficient (Wildman–Crippen LogP) is 2.32. The predicted molar refractivity (Wildman–Crippen MR) is 91.3 cm³/mol. The molecule has 0 aliphatic rings. The third-order valence-corrected chi connectivity index (χ3v) is 4.50. The van der Waals surface area contributed by atoms with Gasteiger partial charge in [-0.15, -0.1) is 21.5 Å². The highest BCUT2D eigenvalue weighted by atomic mass is 32.1. The molecule has 0 saturated carbocycles. The van der Waals surface area contributed by atoms with Crippen molar-refractivity contribution in [3.05, 3.63) is 46.4 Å². The number of tetrazole rings is 1. The van der Waals surface area contributed by atoms with E-state index >= 15 is 0 Å². The zero-order valence-corrected chi connectivity index (χ0v) is 14.6. The standard InChI is InChI=1S/C16H18N6OS/c1-11(16(23)21(3)10-14-9-17-12(2)24-14)22-19-15(18-20-22)13-7-5-4-6-8-13/h4-9,11H,10H2,1-3H3/t11-/m0/s1. The quantitative estimate of drug-likeness (QED) is 0.711. The number of benzene rings is 1. The maximum absolute atomic E-state index is 12.6. The summed E-state index contributed by atoms with van der Waals surface area (Å²) in [5.41, 5.74) is 0.872. The third-order valence-electron chi connectivity index (χ3n) is 3.60. The minimum atomic E-state index is -0.519. The van der Waals surface area contributed by atoms with Gasteiger partial charge in [-0.2, -0.15) is 4.80 Å². The Morgan fingerprint density at radius 1 is 1.33 bits per heavy atom. The number of hydrogen-bond acceptors (Lipinski definition) is 6. The van der Waals surface area contributed by atoms with Crippen molar-refractivity contribution in [2.45, 2.75) is 26.4 Å². The maximum Gasteiger partial charge on any atom is 0.249 e. The first-order chi connectivity index (χ1) is 11.5. The topological polar surface area (TPSA) is 76.8 Å². The molecular formula is C16H18N6OS. The highest BCUT2D eigenvalue weighted by Crippen LogP contribution is 2.17. The Bertz CT molecular complexity index is 828. The second kappa shape index (κ2) is 6.88. The fourth-order valence-electron chi connectivity index (χ4n) is 2.30. The van der Waals surface area contributed by atoms with Crippen LogP contribution < -0.4 is 0 Å². The largest absolute Gasteiger partial charge is 0.339 e. The molecule has 0 unspecified atom stereocenters. The van der Waals surface area contributed by atoms with Crippen molar-refractivity contribution < 1.29 is 4.79 Å². The molecule has 0 bridgehead atoms. The Morgan fingerprint density at radius 2 is 2.08 bits per heavy atom. The highest BCUT2D eigenvalue weighted by molar-refractivity contribution is 7.11. The van der Waals surface area contributed by atoms with Crippen LogP contribution in [0.4, 0.5) is 0 Å². The molecule has 0 spiro atoms. The average molecular weight is 342 g/mol. The summed E-state index contributed by atoms with van der Waals surface area (Å²) in [6, 6.07) is 9.05. The molecule has 0 N–H and O–H groups in total. The van der Waals surface area contributed by atoms with Gasteiger partial charge in [-0.1, -0.05) is 30.3 Å². The van der Waals surface area contributed by atoms with Gasteiger partial charge in [0.25, 0.3) is 0 Å². The van der Waals surface area contributed by atoms with E-state index < -0.39 is 6.04 Å². The van der Waals surface area contributed by atoms with Crippen LogP contribution in [0.1, 0.15) is 22.9 Å². The van der Waals surface area contributed by atoms with Crippen LogP contribution in [-0.2, 0) is 11.3 Å². The van der Waals surface area contributed by atoms with Gasteiger partial charge in [-0.3, -0.25) is 4.79 Å². The SMILES string of the molecule is Cc1ncc(CN(C)C(=O)[C@H](C)n2nnc(-c3ccccc3)n2)s1. The Balaban J connectivity index is 1.70. The Morgan fingerprint density at radius 3 is 2.75 bits per heavy atom. The molecule has 2 heterocycles. The summed E-state index contributed by atoms with van der Waals surface area (Å²) in [5.74, 6) is 0.439. The van der Waals surface area contributed by atoms with Crippen LogP contribution in [0.5, 0.6) is 0 Å². The van der Waals surface area contributed by atoms with E-state index in [9.17, 15) is 4.79 Å². The molecule has 0 radical (unpaired) electrons. The minimum absolute atomic E-state index is 0.0712. The molecule has 0 fully saturated rings. The van der Waals surface area contributed by atoms with Crippen molar-refractivity contribution in [1.82, 2.24) is 30.1 Å². The first-order valence-electron chi connectivity index (χ1n) is 7.56. The van der Waals surface area contributed by atoms with Gasteiger partial charge in [0.15, 0.2) is 0 Å². The van der Waals surface area contributed by atoms with E-state index in [1.165, 1.54) is 4.80 Å². The van der Waals surface area contributed by atoms with Crippen molar-refractivity contribution >= 4 is 17.2 Å². The summed E-state index contributed by atoms with van der Waals surface area (Å²) in [5, 5.41) is 13.4. The summed E-state index contributed by atoms with van der Waals surface area (Å²) in [6.07, 6.45) is 1.80. The zero-order valence-electron chi connectivity index (χ0n) is 13.7. The number of aromatic nitrogens is 5. The number of aryl methyl sites for hydroxylation is 1. The third kappa shape index (κ3) is 3.48. The Labute approximate surface area is 144 Å². The second-order valence-corrected chi connectivity index (χ2v) is 6.83. The van der Waals surface area contributed by atoms with E-state index in [0.29, 0.717) is 12.4 Å². The minimum Gasteiger partial charge on any atom is -0.339 e. The van der Waals surface area contributed by atoms with Crippen molar-refractivity contribution in [2.24, 2.45) is 0 Å². The fourth-order valence-corrected chi connectivity index (χ4v) is 3.15. The zero-order chi connectivity index (χ0) is 17.1. The molecule has 3 rings (SSSR count). The normalized spacial score (nSPS) is 12.1. The molecule has 0 aliphatic carbocycles. The fraction of sp³-hybridized carbons (Fsp3) is 0.312. The maximum atomic E-state index is 12.6. The molecule has 0 saturated heterocycles. The van der Waals surface area contributed by atoms with Crippen LogP contribution in [-0.4, -0.2) is 43.0 Å². The van der Waals surface area contributed by atoms with E-state index in [0.717, 1.165) is 15.4 Å². The summed E-state index contributed by atoms with van der Waals surface area (Å²) >= 11 is 1.59. The lowest BCUT2D eigenvalue weighted by molar-refractivity contribution is -0.134. The molecule has 2 aromatic heterocycles. The van der Waals surface area contributed by atoms with Gasteiger partial charge in [-0.05, 0) is 19.1 Å². The lowest BCUT2D eigenvalue weighted by Gasteiger charge is -2.19. The van der Waals surface area contributed by atoms with E-state index in [4.69, 9.17) is 0 Å². The van der Waals surface area contributed by atoms with Crippen molar-refractivity contribution in [3.8, 4) is 11.4 Å². The van der Waals surface area contributed by atoms with Gasteiger partial charge in [0.1, 0.15) is 6.04 Å². The molecule has 0 aliphatic heterocycles. The molecule has 1 amide bonds. The first kappa shape index (κ1) is 16.3. The van der Waals surface area contributed by atoms with Gasteiger partial charge in [0.05, 0.1) is 11.6 Å². The molecule has 1 atom stereocenters. The van der Waals surface area contributed by atoms with E-state index in [-0.39, 0.29) is 5.91 Å². The van der Waals surface area contributed by atoms with Crippen LogP contribution >= 0.6 is 11.3 Å². The number of carbonyl (C=O) groups is 1. The number of carbonyl (C=O) groups excluding carboxylic acids is 1. The van der Waals surface area contributed by atoms with Gasteiger partial charge in [0.2, 0.25) is 11.7 Å². The van der Waals surface area contributed by atoms with Gasteiger partial charge < -0.3 is 4.90 Å². The molecule has 8 heteroatoms. The number of likely N-dealkylation sites (N-methyl/N-ethyl adjacent to an activating group) is 1. The van der Waals surface area contributed by atoms with Gasteiger partial charge >= 0.3 is 0 Å². The lowest BCUT2D eigenvalue weighted by atomic mass is 10.2. The summed E-state index contributed by atoms with van der Waals surface area (Å²) in [6.45, 7) is 4.24. The summed E-state index contributed by atoms with van der Waals surface area (Å²) < 4.78 is 0. The summed E-state index contributed by atoms with van der Waals surface area (Å²) in [7, 11) is 1.77. The van der Waals surface area contributed by atoms with E-state index in [2.05, 4.69) is 20.4 Å². The highest BCUT2D eigenvalue weighted by Gasteiger charge is 2.22. The smallest absolute Gasteiger partial charge is 0.249 e. The Kier molecular flexibility index (Phi) is 4.66. The second-order valence-electron chi connectivity index (χ2n) is 5.52. The molecular weight excluding hydrogens is 324 g/mol. The number of nitrogens with zero attached hydrogens (tertiary/aromatic N) is 6. The van der Waals surface area contributed by atoms with Crippen molar-refractivity contribution in [1.29, 1.82) is 0 Å². The van der Waals surface area contributed by atoms with Crippen LogP contribution in [0.25, 0.3) is 11.4 Å². The number of amides is 1. The average Bonchev–Trinajstić information content (AvgIpc) is 3.23. The first-order valence-corrected chi connectivity index (χ1v) is 8.37. The number of rotatable bonds is 5. The van der Waals surface area contributed by atoms with Gasteiger partial charge in [0, 0.05) is 23.7 Å². The molecule has 3 aromatic rings. The van der Waals surface area contributed by atoms with Crippen LogP contribution in [0, 0.1) is 6.92 Å². The number of thiazole rings is 1. The van der Waals surface area contributed by atoms with Crippen LogP contribution in [0.3, 0.4) is 0 Å². The lowest BCUT2D eigenvalue weighted by Crippen LogP contribution is -2.33. The number of hydrogen-bond donors (Lipinski definition) is 0. The Hall–Kier alpha value is -2.61. The summed E-state index contributed by atoms with van der Waals surface area (Å²) in [4.78, 5) is 20.9. The molecule has 24 heavy (non-hydrogen) atoms. The van der Waals surface area contributed by atoms with Crippen LogP contribution in [0.15, 0.2) is 36.5 Å². The monoisotopic (exact) mass is 342 g/mol. The van der Waals surface area contributed by atoms with Gasteiger partial charge in [-0.25, -0.2) is 4.98 Å². The van der Waals surface area contributed by atoms with Crippen LogP contribution in [0.2, 0.25) is 0 Å². The molecule has 1 aromatic carbocycles. The van der Waals surface area contributed by atoms with Crippen molar-refractivity contribution in [2.75, 3.05) is 7.05 Å². The molecule has 7 nitrogen and oxygen atoms in total.